The van der Waals surface area contributed by atoms with E-state index in [1.54, 1.807) is 0 Å². The van der Waals surface area contributed by atoms with Crippen LogP contribution in [-0.2, 0) is 21.7 Å². The monoisotopic (exact) mass is 1830 g/mol. The van der Waals surface area contributed by atoms with Gasteiger partial charge in [0, 0.05) is 89.5 Å². The molecule has 0 radical (unpaired) electrons. The molecule has 0 heterocycles. The average molecular weight is 1840 g/mol. The van der Waals surface area contributed by atoms with Gasteiger partial charge in [-0.2, -0.15) is 0 Å². The Labute approximate surface area is 840 Å². The number of aryl methyl sites for hydroxylation is 4. The summed E-state index contributed by atoms with van der Waals surface area (Å²) in [5, 5.41) is 7.58. The zero-order valence-electron chi connectivity index (χ0n) is 81.8. The predicted octanol–water partition coefficient (Wildman–Crippen LogP) is 39.2. The maximum absolute atomic E-state index is 2.44. The van der Waals surface area contributed by atoms with Crippen molar-refractivity contribution in [2.75, 3.05) is 19.6 Å². The molecule has 4 heteroatoms. The molecule has 0 N–H and O–H groups in total. The van der Waals surface area contributed by atoms with Gasteiger partial charge in [-0.3, -0.25) is 0 Å². The van der Waals surface area contributed by atoms with E-state index in [1.165, 1.54) is 217 Å². The number of hydrogen-bond donors (Lipinski definition) is 0. The Morgan fingerprint density at radius 2 is 0.401 bits per heavy atom. The van der Waals surface area contributed by atoms with Gasteiger partial charge in [0.25, 0.3) is 0 Å². The largest absolute Gasteiger partial charge is 0.310 e. The second-order valence-electron chi connectivity index (χ2n) is 40.3. The van der Waals surface area contributed by atoms with Crippen molar-refractivity contribution in [3.63, 3.8) is 0 Å². The Hall–Kier alpha value is -16.4. The quantitative estimate of drug-likeness (QED) is 0.101. The van der Waals surface area contributed by atoms with Crippen LogP contribution in [0.15, 0.2) is 473 Å². The number of benzene rings is 21. The molecule has 0 amide bonds. The molecule has 0 fully saturated rings. The highest BCUT2D eigenvalue weighted by atomic mass is 15.2. The third kappa shape index (κ3) is 17.0. The first kappa shape index (κ1) is 93.3. The summed E-state index contributed by atoms with van der Waals surface area (Å²) in [5.74, 6) is 0. The van der Waals surface area contributed by atoms with Crippen molar-refractivity contribution in [2.45, 2.75) is 120 Å². The molecular weight excluding hydrogens is 1710 g/mol. The van der Waals surface area contributed by atoms with Crippen LogP contribution in [0.1, 0.15) is 137 Å². The van der Waals surface area contributed by atoms with Crippen molar-refractivity contribution in [1.29, 1.82) is 0 Å². The van der Waals surface area contributed by atoms with Crippen LogP contribution in [0, 0.1) is 27.7 Å². The van der Waals surface area contributed by atoms with E-state index in [-0.39, 0.29) is 36.5 Å². The minimum absolute atomic E-state index is 0. The summed E-state index contributed by atoms with van der Waals surface area (Å²) in [5.41, 5.74) is 45.8. The van der Waals surface area contributed by atoms with Crippen molar-refractivity contribution in [3.05, 3.63) is 540 Å². The first-order valence-electron chi connectivity index (χ1n) is 49.2. The van der Waals surface area contributed by atoms with Crippen LogP contribution in [0.3, 0.4) is 0 Å². The molecule has 0 bridgehead atoms. The molecular formula is C138H122N4. The fraction of sp³-hybridized carbons (Fsp3) is 0.130. The minimum atomic E-state index is -0.0493. The zero-order valence-corrected chi connectivity index (χ0v) is 81.8. The zero-order chi connectivity index (χ0) is 95.7. The molecule has 25 rings (SSSR count). The first-order valence-corrected chi connectivity index (χ1v) is 49.2. The molecule has 0 saturated heterocycles. The summed E-state index contributed by atoms with van der Waals surface area (Å²) < 4.78 is 0. The van der Waals surface area contributed by atoms with E-state index < -0.39 is 0 Å². The van der Waals surface area contributed by atoms with Crippen molar-refractivity contribution in [3.8, 4) is 66.8 Å². The highest BCUT2D eigenvalue weighted by Gasteiger charge is 2.41. The summed E-state index contributed by atoms with van der Waals surface area (Å²) in [6.45, 7) is 27.3. The molecule has 0 aromatic heterocycles. The molecule has 142 heavy (non-hydrogen) atoms. The smallest absolute Gasteiger partial charge is 0.0546 e. The minimum Gasteiger partial charge on any atom is -0.310 e. The lowest BCUT2D eigenvalue weighted by atomic mass is 9.82. The SMILES string of the molecule is C.C.Cc1ccc(N(c2ccc(-c3ccccc3)cc2)c2ccc3c(c2)C(C)(C)c2ccccc2-3)cc1.Cc1ccc(N(c2ccc3c(c2)C(C)(C)c2ccccc2-3)c2cc3ccccc3c3ccccc23)cc1.Cc1ccc(N(c2ccc3c(c2)C(C)(C)c2ccccc2-3)c2ccc3ccccc3c2)cc1.Cc1ccc(N(c2ccc3c(c2)C(C)(C)c2ccccc2-3)c2ccccc2-c2ccccc2)cc1. The Bertz CT molecular complexity index is 8250. The molecule has 4 aliphatic rings. The van der Waals surface area contributed by atoms with Gasteiger partial charge in [-0.25, -0.2) is 0 Å². The fourth-order valence-electron chi connectivity index (χ4n) is 22.3. The maximum atomic E-state index is 2.44. The van der Waals surface area contributed by atoms with Crippen LogP contribution in [-0.4, -0.2) is 0 Å². The summed E-state index contributed by atoms with van der Waals surface area (Å²) in [7, 11) is 0. The van der Waals surface area contributed by atoms with E-state index >= 15 is 0 Å². The van der Waals surface area contributed by atoms with Crippen LogP contribution in [0.4, 0.5) is 68.2 Å². The van der Waals surface area contributed by atoms with Crippen LogP contribution in [0.25, 0.3) is 99.1 Å². The van der Waals surface area contributed by atoms with Gasteiger partial charge in [0.15, 0.2) is 0 Å². The van der Waals surface area contributed by atoms with Gasteiger partial charge in [0.2, 0.25) is 0 Å². The van der Waals surface area contributed by atoms with Gasteiger partial charge >= 0.3 is 0 Å². The lowest BCUT2D eigenvalue weighted by molar-refractivity contribution is 0.660. The van der Waals surface area contributed by atoms with E-state index in [1.807, 2.05) is 0 Å². The Kier molecular flexibility index (Phi) is 25.0. The van der Waals surface area contributed by atoms with Crippen molar-refractivity contribution in [1.82, 2.24) is 0 Å². The molecule has 0 atom stereocenters. The topological polar surface area (TPSA) is 13.0 Å². The molecule has 694 valence electrons. The number of fused-ring (bicyclic) bond motifs is 16. The second kappa shape index (κ2) is 38.1. The Morgan fingerprint density at radius 1 is 0.148 bits per heavy atom. The summed E-state index contributed by atoms with van der Waals surface area (Å²) in [4.78, 5) is 9.59. The molecule has 0 unspecified atom stereocenters. The number of hydrogen-bond acceptors (Lipinski definition) is 4. The maximum Gasteiger partial charge on any atom is 0.0546 e. The van der Waals surface area contributed by atoms with Crippen molar-refractivity contribution in [2.24, 2.45) is 0 Å². The van der Waals surface area contributed by atoms with Gasteiger partial charge < -0.3 is 19.6 Å². The highest BCUT2D eigenvalue weighted by molar-refractivity contribution is 6.15. The standard InChI is InChI=1S/C36H29N.2C34H29N.C32H27N.2CH4/c1-24-16-18-26(19-17-24)37(35-22-25-10-4-5-11-28(25)29-12-6-7-14-32(29)35)27-20-21-31-30-13-8-9-15-33(30)36(2,3)34(31)23-27;1-24-17-19-26(20-18-24)35(33-16-10-8-13-28(33)25-11-5-4-6-12-25)27-21-22-30-29-14-7-9-15-31(29)34(2,3)32(30)23-27;1-24-13-17-27(18-14-24)35(28-19-15-26(16-20-28)25-9-5-4-6-10-25)29-21-22-31-30-11-7-8-12-32(30)34(2,3)33(31)23-29;1-22-12-15-25(16-13-22)33(26-17-14-23-8-4-5-9-24(23)20-26)27-18-19-29-28-10-6-7-11-30(28)32(2,3)31(29)21-27;;/h4-23H,1-3H3;2*4-23H,1-3H3;4-21H,1-3H3;2*1H4. The first-order chi connectivity index (χ1) is 68.1. The van der Waals surface area contributed by atoms with Gasteiger partial charge in [-0.1, -0.05) is 432 Å². The van der Waals surface area contributed by atoms with Gasteiger partial charge in [-0.05, 0) is 294 Å². The van der Waals surface area contributed by atoms with E-state index in [2.05, 4.69) is 576 Å². The van der Waals surface area contributed by atoms with Crippen LogP contribution in [0.2, 0.25) is 0 Å². The highest BCUT2D eigenvalue weighted by Crippen LogP contribution is 2.57. The number of anilines is 12. The molecule has 4 nitrogen and oxygen atoms in total. The van der Waals surface area contributed by atoms with E-state index in [4.69, 9.17) is 0 Å². The molecule has 0 aliphatic heterocycles. The summed E-state index contributed by atoms with van der Waals surface area (Å²) in [6.07, 6.45) is 0. The average Bonchev–Trinajstić information content (AvgIpc) is 1.56. The number of nitrogens with zero attached hydrogens (tertiary/aromatic N) is 4. The third-order valence-electron chi connectivity index (χ3n) is 29.9. The second-order valence-corrected chi connectivity index (χ2v) is 40.3. The van der Waals surface area contributed by atoms with Crippen LogP contribution >= 0.6 is 0 Å². The summed E-state index contributed by atoms with van der Waals surface area (Å²) >= 11 is 0. The van der Waals surface area contributed by atoms with E-state index in [0.29, 0.717) is 0 Å². The molecule has 0 saturated carbocycles. The van der Waals surface area contributed by atoms with E-state index in [0.717, 1.165) is 17.1 Å². The van der Waals surface area contributed by atoms with Gasteiger partial charge in [-0.15, -0.1) is 0 Å². The van der Waals surface area contributed by atoms with Gasteiger partial charge in [0.05, 0.1) is 11.4 Å². The number of rotatable bonds is 14. The normalized spacial score (nSPS) is 13.2. The van der Waals surface area contributed by atoms with E-state index in [9.17, 15) is 0 Å². The summed E-state index contributed by atoms with van der Waals surface area (Å²) in [6, 6.07) is 173. The molecule has 0 spiro atoms. The molecule has 21 aromatic carbocycles. The number of para-hydroxylation sites is 1. The Morgan fingerprint density at radius 3 is 0.803 bits per heavy atom. The third-order valence-corrected chi connectivity index (χ3v) is 29.9. The van der Waals surface area contributed by atoms with Crippen LogP contribution in [0.5, 0.6) is 0 Å². The van der Waals surface area contributed by atoms with Crippen molar-refractivity contribution < 1.29 is 0 Å². The lowest BCUT2D eigenvalue weighted by Gasteiger charge is -2.30. The predicted molar refractivity (Wildman–Crippen MR) is 611 cm³/mol. The fourth-order valence-corrected chi connectivity index (χ4v) is 22.3. The Balaban J connectivity index is 0.000000115. The molecule has 21 aromatic rings. The van der Waals surface area contributed by atoms with Crippen LogP contribution < -0.4 is 19.6 Å². The van der Waals surface area contributed by atoms with Crippen molar-refractivity contribution >= 4 is 101 Å². The molecule has 4 aliphatic carbocycles. The lowest BCUT2D eigenvalue weighted by Crippen LogP contribution is -2.16. The van der Waals surface area contributed by atoms with Gasteiger partial charge in [0.1, 0.15) is 0 Å².